The molecule has 0 saturated carbocycles. The quantitative estimate of drug-likeness (QED) is 0.160. The summed E-state index contributed by atoms with van der Waals surface area (Å²) in [6, 6.07) is 69.3. The Morgan fingerprint density at radius 2 is 0.598 bits per heavy atom. The Bertz CT molecular complexity index is 4890. The second-order valence-electron chi connectivity index (χ2n) is 44.4. The predicted octanol–water partition coefficient (Wildman–Crippen LogP) is 31.6. The molecule has 5 heterocycles. The van der Waals surface area contributed by atoms with Crippen molar-refractivity contribution in [3.8, 4) is 51.7 Å². The van der Waals surface area contributed by atoms with Crippen LogP contribution in [-0.2, 0) is 79.8 Å². The third-order valence-electron chi connectivity index (χ3n) is 22.8. The van der Waals surface area contributed by atoms with Crippen molar-refractivity contribution in [2.24, 2.45) is 0 Å². The minimum absolute atomic E-state index is 0.0907. The van der Waals surface area contributed by atoms with E-state index < -0.39 is 6.29 Å². The molecule has 127 heavy (non-hydrogen) atoms. The lowest BCUT2D eigenvalue weighted by Gasteiger charge is -2.23. The lowest BCUT2D eigenvalue weighted by atomic mass is 9.85. The predicted molar refractivity (Wildman–Crippen MR) is 531 cm³/mol. The van der Waals surface area contributed by atoms with Crippen molar-refractivity contribution in [3.63, 3.8) is 0 Å². The Hall–Kier alpha value is -9.45. The largest absolute Gasteiger partial charge is 0.586 e. The number of methoxy groups -OCH3 is 1. The van der Waals surface area contributed by atoms with Crippen molar-refractivity contribution in [1.82, 2.24) is 0 Å². The van der Waals surface area contributed by atoms with Gasteiger partial charge in [0.2, 0.25) is 6.79 Å². The van der Waals surface area contributed by atoms with Crippen molar-refractivity contribution in [2.75, 3.05) is 40.3 Å². The highest BCUT2D eigenvalue weighted by molar-refractivity contribution is 6.31. The van der Waals surface area contributed by atoms with Crippen LogP contribution in [0.5, 0.6) is 51.7 Å². The molecular formula is C115H155ClF2O9. The van der Waals surface area contributed by atoms with Gasteiger partial charge in [0, 0.05) is 17.9 Å². The molecule has 0 radical (unpaired) electrons. The highest BCUT2D eigenvalue weighted by Crippen LogP contribution is 2.44. The van der Waals surface area contributed by atoms with Crippen LogP contribution < -0.4 is 42.6 Å². The average Bonchev–Trinajstić information content (AvgIpc) is 1.66. The molecule has 10 aromatic rings. The average molecular weight is 1750 g/mol. The molecule has 5 aliphatic heterocycles. The summed E-state index contributed by atoms with van der Waals surface area (Å²) in [5, 5.41) is 0.863. The molecule has 6 aliphatic rings. The van der Waals surface area contributed by atoms with Crippen LogP contribution in [-0.4, -0.2) is 46.6 Å². The molecule has 0 fully saturated rings. The van der Waals surface area contributed by atoms with E-state index in [2.05, 4.69) is 368 Å². The molecule has 0 saturated heterocycles. The van der Waals surface area contributed by atoms with E-state index in [1.54, 1.807) is 30.4 Å². The first-order valence-electron chi connectivity index (χ1n) is 45.5. The van der Waals surface area contributed by atoms with E-state index in [0.717, 1.165) is 82.5 Å². The normalized spacial score (nSPS) is 14.3. The van der Waals surface area contributed by atoms with Crippen molar-refractivity contribution in [2.45, 2.75) is 321 Å². The fraction of sp³-hybridized carbons (Fsp3) is 0.478. The van der Waals surface area contributed by atoms with E-state index in [-0.39, 0.29) is 60.2 Å². The van der Waals surface area contributed by atoms with Gasteiger partial charge >= 0.3 is 6.29 Å². The van der Waals surface area contributed by atoms with Gasteiger partial charge in [-0.15, -0.1) is 8.78 Å². The maximum Gasteiger partial charge on any atom is 0.586 e. The number of fused-ring (bicyclic) bond motifs is 6. The zero-order chi connectivity index (χ0) is 94.9. The van der Waals surface area contributed by atoms with Crippen LogP contribution in [0.4, 0.5) is 8.78 Å². The molecule has 0 unspecified atom stereocenters. The Labute approximate surface area is 771 Å². The molecule has 0 N–H and O–H groups in total. The molecule has 16 rings (SSSR count). The zero-order valence-corrected chi connectivity index (χ0v) is 84.7. The Morgan fingerprint density at radius 3 is 1.06 bits per heavy atom. The highest BCUT2D eigenvalue weighted by atomic mass is 35.5. The molecule has 0 bridgehead atoms. The molecule has 0 spiro atoms. The van der Waals surface area contributed by atoms with Crippen molar-refractivity contribution in [3.05, 3.63) is 300 Å². The summed E-state index contributed by atoms with van der Waals surface area (Å²) in [6.45, 7) is 75.6. The number of hydrogen-bond acceptors (Lipinski definition) is 9. The zero-order valence-electron chi connectivity index (χ0n) is 83.9. The fourth-order valence-corrected chi connectivity index (χ4v) is 14.1. The molecule has 0 atom stereocenters. The van der Waals surface area contributed by atoms with Crippen LogP contribution in [0.1, 0.15) is 309 Å². The van der Waals surface area contributed by atoms with Gasteiger partial charge in [0.1, 0.15) is 30.5 Å². The maximum absolute atomic E-state index is 12.7. The molecule has 0 aromatic heterocycles. The number of hydrogen-bond donors (Lipinski definition) is 0. The van der Waals surface area contributed by atoms with Gasteiger partial charge in [-0.2, -0.15) is 0 Å². The van der Waals surface area contributed by atoms with Gasteiger partial charge in [-0.25, -0.2) is 0 Å². The van der Waals surface area contributed by atoms with Crippen LogP contribution >= 0.6 is 11.6 Å². The van der Waals surface area contributed by atoms with E-state index in [1.165, 1.54) is 97.7 Å². The van der Waals surface area contributed by atoms with Gasteiger partial charge in [-0.05, 0) is 244 Å². The van der Waals surface area contributed by atoms with Crippen LogP contribution in [0.15, 0.2) is 200 Å². The Balaban J connectivity index is 0.000000194. The van der Waals surface area contributed by atoms with E-state index in [9.17, 15) is 8.78 Å². The Morgan fingerprint density at radius 1 is 0.268 bits per heavy atom. The summed E-state index contributed by atoms with van der Waals surface area (Å²) in [7, 11) is 1.69. The second-order valence-corrected chi connectivity index (χ2v) is 44.8. The van der Waals surface area contributed by atoms with Crippen LogP contribution in [0.3, 0.4) is 0 Å². The fourth-order valence-electron chi connectivity index (χ4n) is 13.9. The summed E-state index contributed by atoms with van der Waals surface area (Å²) in [5.41, 5.74) is 24.9. The number of alkyl halides is 2. The lowest BCUT2D eigenvalue weighted by Crippen LogP contribution is -2.25. The number of benzene rings is 10. The number of rotatable bonds is 1. The first kappa shape index (κ1) is 105. The van der Waals surface area contributed by atoms with Gasteiger partial charge in [0.05, 0.1) is 20.3 Å². The van der Waals surface area contributed by atoms with Crippen LogP contribution in [0.25, 0.3) is 0 Å². The van der Waals surface area contributed by atoms with Crippen molar-refractivity contribution < 1.29 is 51.4 Å². The van der Waals surface area contributed by atoms with Gasteiger partial charge in [0.15, 0.2) is 34.5 Å². The van der Waals surface area contributed by atoms with Crippen molar-refractivity contribution in [1.29, 1.82) is 0 Å². The summed E-state index contributed by atoms with van der Waals surface area (Å²) >= 11 is 6.02. The first-order valence-corrected chi connectivity index (χ1v) is 45.9. The topological polar surface area (TPSA) is 83.1 Å². The van der Waals surface area contributed by atoms with E-state index in [1.807, 2.05) is 52.0 Å². The molecule has 690 valence electrons. The molecule has 1 aliphatic carbocycles. The molecule has 0 amide bonds. The van der Waals surface area contributed by atoms with Crippen LogP contribution in [0, 0.1) is 20.8 Å². The maximum atomic E-state index is 12.7. The number of halogens is 3. The van der Waals surface area contributed by atoms with Gasteiger partial charge in [0.25, 0.3) is 0 Å². The molecule has 9 nitrogen and oxygen atoms in total. The first-order chi connectivity index (χ1) is 58.6. The van der Waals surface area contributed by atoms with Gasteiger partial charge in [-0.3, -0.25) is 0 Å². The number of aryl methyl sites for hydroxylation is 5. The van der Waals surface area contributed by atoms with Crippen molar-refractivity contribution >= 4 is 11.6 Å². The van der Waals surface area contributed by atoms with E-state index in [4.69, 9.17) is 44.8 Å². The smallest absolute Gasteiger partial charge is 0.497 e. The summed E-state index contributed by atoms with van der Waals surface area (Å²) in [5.74, 6) is 6.75. The number of ether oxygens (including phenoxy) is 9. The molecular weight excluding hydrogens is 1600 g/mol. The van der Waals surface area contributed by atoms with E-state index in [0.29, 0.717) is 25.4 Å². The van der Waals surface area contributed by atoms with Crippen LogP contribution in [0.2, 0.25) is 5.02 Å². The Kier molecular flexibility index (Phi) is 35.7. The third-order valence-corrected chi connectivity index (χ3v) is 23.2. The third kappa shape index (κ3) is 33.2. The summed E-state index contributed by atoms with van der Waals surface area (Å²) in [6.07, 6.45) is 2.54. The van der Waals surface area contributed by atoms with Gasteiger partial charge in [-0.1, -0.05) is 364 Å². The standard InChI is InChI=1S/C13H18.C12H16O2.2C12H16O.C11H15Cl.C11H12F2O2.C11H14O2.C11H16O.2C11H16/c1-13(2,3)12-8-7-10-5-4-6-11(10)9-12;1-12(2,3)9-4-5-10-11(8-9)14-7-6-13-10;1-12(2,3)10-4-5-11-9(8-10)6-7-13-11;1-12(2,3)10-5-4-9-6-7-13-11(9)8-10;1-8-5-6-9(7-10(8)12)11(2,3)4;1-10(2,3)7-4-5-8-9(6-7)15-11(12,13)14-8;1-11(2,3)8-4-5-9-10(6-8)13-7-12-9;1-11(2,3)9-5-7-10(12-4)8-6-9;1-9-5-7-10(8-6-9)11(2,3)4;1-9-6-5-7-10(8-9)11(2,3)4/h7-9H,4-6H2,1-3H3;4-5,8H,6-7H2,1-3H3;2*4-5,8H,6-7H2,1-3H3;5-7H,1-4H3;4-6H,1-3H3;4-6H,7H2,1-3H3;5-8H,1-4H3;2*5-8H,1-4H3. The monoisotopic (exact) mass is 1750 g/mol. The molecule has 10 aromatic carbocycles. The highest BCUT2D eigenvalue weighted by Gasteiger charge is 2.44. The molecule has 12 heteroatoms. The second kappa shape index (κ2) is 43.3. The lowest BCUT2D eigenvalue weighted by molar-refractivity contribution is -0.286. The minimum Gasteiger partial charge on any atom is -0.497 e. The minimum atomic E-state index is -3.53. The van der Waals surface area contributed by atoms with E-state index >= 15 is 0 Å². The summed E-state index contributed by atoms with van der Waals surface area (Å²) in [4.78, 5) is 0. The van der Waals surface area contributed by atoms with Gasteiger partial charge < -0.3 is 42.6 Å². The SMILES string of the molecule is CC(C)(C)c1ccc2c(c1)CCC2.CC(C)(C)c1ccc2c(c1)CCO2.CC(C)(C)c1ccc2c(c1)OC(F)(F)O2.CC(C)(C)c1ccc2c(c1)OCC2.CC(C)(C)c1ccc2c(c1)OCCO2.CC(C)(C)c1ccc2c(c1)OCO2.COc1ccc(C(C)(C)C)cc1.Cc1ccc(C(C)(C)C)cc1.Cc1ccc(C(C)(C)C)cc1Cl.Cc1cccc(C(C)(C)C)c1. The summed E-state index contributed by atoms with van der Waals surface area (Å²) < 4.78 is 71.8.